The van der Waals surface area contributed by atoms with Gasteiger partial charge in [0.25, 0.3) is 0 Å². The van der Waals surface area contributed by atoms with Crippen molar-refractivity contribution in [2.75, 3.05) is 0 Å². The first kappa shape index (κ1) is 13.1. The van der Waals surface area contributed by atoms with Crippen molar-refractivity contribution in [3.63, 3.8) is 0 Å². The number of nitrogens with zero attached hydrogens (tertiary/aromatic N) is 3. The normalized spacial score (nSPS) is 23.1. The quantitative estimate of drug-likeness (QED) is 0.932. The molecule has 5 heteroatoms. The van der Waals surface area contributed by atoms with E-state index in [1.165, 1.54) is 5.56 Å². The van der Waals surface area contributed by atoms with Crippen molar-refractivity contribution in [3.05, 3.63) is 29.7 Å². The number of carboxylic acid groups (broad SMARTS) is 1. The first-order valence-electron chi connectivity index (χ1n) is 7.16. The third kappa shape index (κ3) is 2.66. The van der Waals surface area contributed by atoms with Crippen LogP contribution in [0.25, 0.3) is 5.65 Å². The Hall–Kier alpha value is -1.91. The zero-order chi connectivity index (χ0) is 14.1. The molecule has 5 nitrogen and oxygen atoms in total. The van der Waals surface area contributed by atoms with Gasteiger partial charge in [-0.1, -0.05) is 6.07 Å². The van der Waals surface area contributed by atoms with E-state index < -0.39 is 5.97 Å². The molecule has 2 heterocycles. The van der Waals surface area contributed by atoms with Gasteiger partial charge in [-0.05, 0) is 56.6 Å². The van der Waals surface area contributed by atoms with Crippen molar-refractivity contribution in [3.8, 4) is 0 Å². The number of pyridine rings is 1. The minimum Gasteiger partial charge on any atom is -0.481 e. The summed E-state index contributed by atoms with van der Waals surface area (Å²) in [5.41, 5.74) is 2.13. The van der Waals surface area contributed by atoms with Gasteiger partial charge in [-0.15, -0.1) is 0 Å². The van der Waals surface area contributed by atoms with Crippen LogP contribution >= 0.6 is 0 Å². The number of rotatable bonds is 3. The van der Waals surface area contributed by atoms with Crippen LogP contribution in [0.15, 0.2) is 18.3 Å². The van der Waals surface area contributed by atoms with Crippen molar-refractivity contribution in [2.24, 2.45) is 11.8 Å². The second-order valence-corrected chi connectivity index (χ2v) is 5.76. The second-order valence-electron chi connectivity index (χ2n) is 5.76. The van der Waals surface area contributed by atoms with Gasteiger partial charge in [-0.3, -0.25) is 4.79 Å². The van der Waals surface area contributed by atoms with Crippen LogP contribution in [0.5, 0.6) is 0 Å². The van der Waals surface area contributed by atoms with E-state index in [9.17, 15) is 4.79 Å². The van der Waals surface area contributed by atoms with E-state index in [-0.39, 0.29) is 5.92 Å². The van der Waals surface area contributed by atoms with Gasteiger partial charge in [-0.25, -0.2) is 9.50 Å². The fraction of sp³-hybridized carbons (Fsp3) is 0.533. The van der Waals surface area contributed by atoms with Crippen LogP contribution in [0.2, 0.25) is 0 Å². The highest BCUT2D eigenvalue weighted by Gasteiger charge is 2.25. The first-order valence-corrected chi connectivity index (χ1v) is 7.16. The molecule has 0 aromatic carbocycles. The lowest BCUT2D eigenvalue weighted by atomic mass is 9.79. The average molecular weight is 273 g/mol. The number of aliphatic carboxylic acids is 1. The highest BCUT2D eigenvalue weighted by molar-refractivity contribution is 5.69. The Kier molecular flexibility index (Phi) is 3.42. The van der Waals surface area contributed by atoms with Gasteiger partial charge in [0.2, 0.25) is 0 Å². The van der Waals surface area contributed by atoms with Crippen LogP contribution in [0, 0.1) is 18.8 Å². The summed E-state index contributed by atoms with van der Waals surface area (Å²) >= 11 is 0. The van der Waals surface area contributed by atoms with E-state index in [1.807, 2.05) is 23.7 Å². The summed E-state index contributed by atoms with van der Waals surface area (Å²) in [4.78, 5) is 15.3. The summed E-state index contributed by atoms with van der Waals surface area (Å²) in [5, 5.41) is 13.3. The number of fused-ring (bicyclic) bond motifs is 1. The monoisotopic (exact) mass is 273 g/mol. The van der Waals surface area contributed by atoms with Gasteiger partial charge in [0, 0.05) is 6.20 Å². The third-order valence-electron chi connectivity index (χ3n) is 4.22. The molecule has 1 saturated carbocycles. The molecular weight excluding hydrogens is 254 g/mol. The number of hydrogen-bond donors (Lipinski definition) is 1. The van der Waals surface area contributed by atoms with Gasteiger partial charge in [0.15, 0.2) is 5.65 Å². The largest absolute Gasteiger partial charge is 0.481 e. The maximum atomic E-state index is 10.9. The average Bonchev–Trinajstić information content (AvgIpc) is 2.78. The van der Waals surface area contributed by atoms with E-state index in [0.29, 0.717) is 5.92 Å². The topological polar surface area (TPSA) is 67.5 Å². The lowest BCUT2D eigenvalue weighted by Gasteiger charge is -2.26. The summed E-state index contributed by atoms with van der Waals surface area (Å²) in [6, 6.07) is 4.10. The van der Waals surface area contributed by atoms with Gasteiger partial charge in [0.1, 0.15) is 5.82 Å². The molecule has 0 atom stereocenters. The summed E-state index contributed by atoms with van der Waals surface area (Å²) in [6.45, 7) is 1.89. The molecule has 20 heavy (non-hydrogen) atoms. The van der Waals surface area contributed by atoms with Gasteiger partial charge in [-0.2, -0.15) is 5.10 Å². The van der Waals surface area contributed by atoms with E-state index in [2.05, 4.69) is 16.1 Å². The zero-order valence-corrected chi connectivity index (χ0v) is 11.6. The molecule has 1 fully saturated rings. The van der Waals surface area contributed by atoms with Crippen LogP contribution in [0.3, 0.4) is 0 Å². The summed E-state index contributed by atoms with van der Waals surface area (Å²) in [7, 11) is 0. The molecule has 0 radical (unpaired) electrons. The number of aromatic nitrogens is 3. The van der Waals surface area contributed by atoms with Gasteiger partial charge >= 0.3 is 5.97 Å². The predicted molar refractivity (Wildman–Crippen MR) is 74.5 cm³/mol. The van der Waals surface area contributed by atoms with Gasteiger partial charge < -0.3 is 5.11 Å². The van der Waals surface area contributed by atoms with Crippen LogP contribution in [-0.4, -0.2) is 25.7 Å². The molecule has 2 aromatic rings. The van der Waals surface area contributed by atoms with Crippen molar-refractivity contribution in [1.82, 2.24) is 14.6 Å². The highest BCUT2D eigenvalue weighted by atomic mass is 16.4. The maximum Gasteiger partial charge on any atom is 0.306 e. The molecule has 0 amide bonds. The predicted octanol–water partition coefficient (Wildman–Crippen LogP) is 2.47. The summed E-state index contributed by atoms with van der Waals surface area (Å²) in [6.07, 6.45) is 6.67. The summed E-state index contributed by atoms with van der Waals surface area (Å²) in [5.74, 6) is 0.603. The molecule has 0 spiro atoms. The van der Waals surface area contributed by atoms with Crippen molar-refractivity contribution in [2.45, 2.75) is 39.0 Å². The highest BCUT2D eigenvalue weighted by Crippen LogP contribution is 2.31. The zero-order valence-electron chi connectivity index (χ0n) is 11.6. The third-order valence-corrected chi connectivity index (χ3v) is 4.22. The Morgan fingerprint density at radius 1 is 1.35 bits per heavy atom. The molecule has 0 unspecified atom stereocenters. The molecule has 1 aliphatic carbocycles. The Morgan fingerprint density at radius 3 is 2.80 bits per heavy atom. The van der Waals surface area contributed by atoms with Crippen molar-refractivity contribution < 1.29 is 9.90 Å². The molecule has 1 aliphatic rings. The van der Waals surface area contributed by atoms with E-state index in [1.54, 1.807) is 0 Å². The minimum absolute atomic E-state index is 0.133. The Bertz CT molecular complexity index is 627. The van der Waals surface area contributed by atoms with E-state index >= 15 is 0 Å². The Balaban J connectivity index is 1.66. The van der Waals surface area contributed by atoms with Gasteiger partial charge in [0.05, 0.1) is 5.92 Å². The molecule has 3 rings (SSSR count). The molecular formula is C15H19N3O2. The summed E-state index contributed by atoms with van der Waals surface area (Å²) < 4.78 is 1.83. The Labute approximate surface area is 117 Å². The van der Waals surface area contributed by atoms with Crippen LogP contribution < -0.4 is 0 Å². The lowest BCUT2D eigenvalue weighted by molar-refractivity contribution is -0.143. The Morgan fingerprint density at radius 2 is 2.10 bits per heavy atom. The van der Waals surface area contributed by atoms with Crippen molar-refractivity contribution in [1.29, 1.82) is 0 Å². The second kappa shape index (κ2) is 5.23. The lowest BCUT2D eigenvalue weighted by Crippen LogP contribution is -2.22. The van der Waals surface area contributed by atoms with Crippen LogP contribution in [0.4, 0.5) is 0 Å². The fourth-order valence-corrected chi connectivity index (χ4v) is 3.10. The molecule has 2 aromatic heterocycles. The molecule has 0 saturated heterocycles. The van der Waals surface area contributed by atoms with E-state index in [0.717, 1.165) is 43.6 Å². The van der Waals surface area contributed by atoms with Crippen LogP contribution in [-0.2, 0) is 11.2 Å². The minimum atomic E-state index is -0.636. The standard InChI is InChI=1S/C15H19N3O2/c1-10-16-14-7-4-12(9-18(14)17-10)8-11-2-5-13(6-3-11)15(19)20/h4,7,9,11,13H,2-3,5-6,8H2,1H3,(H,19,20)/t11-,13-. The SMILES string of the molecule is Cc1nc2ccc(C[C@H]3CC[C@H](C(=O)O)CC3)cn2n1. The fourth-order valence-electron chi connectivity index (χ4n) is 3.10. The number of aryl methyl sites for hydroxylation is 1. The number of carbonyl (C=O) groups is 1. The molecule has 0 aliphatic heterocycles. The molecule has 106 valence electrons. The van der Waals surface area contributed by atoms with Crippen molar-refractivity contribution >= 4 is 11.6 Å². The van der Waals surface area contributed by atoms with E-state index in [4.69, 9.17) is 5.11 Å². The maximum absolute atomic E-state index is 10.9. The smallest absolute Gasteiger partial charge is 0.306 e. The van der Waals surface area contributed by atoms with Crippen LogP contribution in [0.1, 0.15) is 37.1 Å². The molecule has 0 bridgehead atoms. The number of hydrogen-bond acceptors (Lipinski definition) is 3. The first-order chi connectivity index (χ1) is 9.61. The number of carboxylic acids is 1. The molecule has 1 N–H and O–H groups in total.